The Bertz CT molecular complexity index is 199. The summed E-state index contributed by atoms with van der Waals surface area (Å²) in [5, 5.41) is 8.79. The van der Waals surface area contributed by atoms with Crippen LogP contribution in [0.3, 0.4) is 0 Å². The van der Waals surface area contributed by atoms with Gasteiger partial charge in [-0.15, -0.1) is 0 Å². The van der Waals surface area contributed by atoms with Crippen LogP contribution in [0, 0.1) is 0 Å². The summed E-state index contributed by atoms with van der Waals surface area (Å²) in [5.41, 5.74) is 5.65. The van der Waals surface area contributed by atoms with E-state index in [1.807, 2.05) is 0 Å². The molecular weight excluding hydrogens is 196 g/mol. The Balaban J connectivity index is 2.46. The van der Waals surface area contributed by atoms with Crippen LogP contribution in [-0.2, 0) is 0 Å². The number of hydrogen-bond donors (Lipinski definition) is 2. The number of aliphatic hydroxyl groups excluding tert-OH is 1. The second-order valence-corrected chi connectivity index (χ2v) is 4.45. The van der Waals surface area contributed by atoms with Gasteiger partial charge in [0, 0.05) is 12.6 Å². The maximum absolute atomic E-state index is 8.79. The normalized spacial score (nSPS) is 25.1. The van der Waals surface area contributed by atoms with Gasteiger partial charge in [-0.1, -0.05) is 12.2 Å². The van der Waals surface area contributed by atoms with Gasteiger partial charge in [-0.3, -0.25) is 4.90 Å². The Hall–Kier alpha value is -0.190. The first-order valence-corrected chi connectivity index (χ1v) is 5.73. The molecular formula is C10H20N2OS. The zero-order valence-electron chi connectivity index (χ0n) is 8.78. The maximum Gasteiger partial charge on any atom is 0.0899 e. The molecule has 1 fully saturated rings. The van der Waals surface area contributed by atoms with Crippen molar-refractivity contribution in [2.75, 3.05) is 13.2 Å². The molecule has 1 aliphatic heterocycles. The highest BCUT2D eigenvalue weighted by Crippen LogP contribution is 2.23. The Morgan fingerprint density at radius 2 is 2.43 bits per heavy atom. The topological polar surface area (TPSA) is 49.5 Å². The lowest BCUT2D eigenvalue weighted by molar-refractivity contribution is 0.203. The zero-order valence-corrected chi connectivity index (χ0v) is 9.59. The highest BCUT2D eigenvalue weighted by Gasteiger charge is 2.28. The van der Waals surface area contributed by atoms with E-state index in [1.54, 1.807) is 0 Å². The Kier molecular flexibility index (Phi) is 4.78. The van der Waals surface area contributed by atoms with Crippen molar-refractivity contribution in [2.45, 2.75) is 44.7 Å². The predicted molar refractivity (Wildman–Crippen MR) is 62.3 cm³/mol. The van der Waals surface area contributed by atoms with Crippen molar-refractivity contribution in [3.05, 3.63) is 0 Å². The lowest BCUT2D eigenvalue weighted by Crippen LogP contribution is -2.44. The number of hydrogen-bond acceptors (Lipinski definition) is 3. The first-order valence-electron chi connectivity index (χ1n) is 5.32. The third kappa shape index (κ3) is 2.90. The van der Waals surface area contributed by atoms with Gasteiger partial charge >= 0.3 is 0 Å². The number of aliphatic hydroxyl groups is 1. The van der Waals surface area contributed by atoms with Crippen molar-refractivity contribution in [3.8, 4) is 0 Å². The predicted octanol–water partition coefficient (Wildman–Crippen LogP) is 0.898. The SMILES string of the molecule is CC(C(N)=S)N1CCCC1CCCO. The lowest BCUT2D eigenvalue weighted by atomic mass is 10.1. The molecule has 1 heterocycles. The summed E-state index contributed by atoms with van der Waals surface area (Å²) in [4.78, 5) is 2.96. The van der Waals surface area contributed by atoms with Crippen molar-refractivity contribution < 1.29 is 5.11 Å². The van der Waals surface area contributed by atoms with E-state index < -0.39 is 0 Å². The standard InChI is InChI=1S/C10H20N2OS/c1-8(10(11)14)12-6-2-4-9(12)5-3-7-13/h8-9,13H,2-7H2,1H3,(H2,11,14). The van der Waals surface area contributed by atoms with Crippen LogP contribution in [0.15, 0.2) is 0 Å². The van der Waals surface area contributed by atoms with Crippen LogP contribution in [0.1, 0.15) is 32.6 Å². The van der Waals surface area contributed by atoms with Crippen molar-refractivity contribution in [3.63, 3.8) is 0 Å². The molecule has 0 aromatic rings. The molecule has 0 amide bonds. The molecule has 0 bridgehead atoms. The van der Waals surface area contributed by atoms with Gasteiger partial charge in [-0.05, 0) is 39.2 Å². The molecule has 1 rings (SSSR count). The molecule has 1 saturated heterocycles. The number of nitrogens with two attached hydrogens (primary N) is 1. The summed E-state index contributed by atoms with van der Waals surface area (Å²) in [6.07, 6.45) is 4.38. The molecule has 14 heavy (non-hydrogen) atoms. The van der Waals surface area contributed by atoms with Crippen LogP contribution >= 0.6 is 12.2 Å². The van der Waals surface area contributed by atoms with Gasteiger partial charge in [0.25, 0.3) is 0 Å². The summed E-state index contributed by atoms with van der Waals surface area (Å²) >= 11 is 5.01. The molecule has 2 unspecified atom stereocenters. The van der Waals surface area contributed by atoms with E-state index in [9.17, 15) is 0 Å². The molecule has 0 radical (unpaired) electrons. The minimum absolute atomic E-state index is 0.205. The number of rotatable bonds is 5. The second-order valence-electron chi connectivity index (χ2n) is 3.98. The van der Waals surface area contributed by atoms with Gasteiger partial charge in [0.2, 0.25) is 0 Å². The minimum Gasteiger partial charge on any atom is -0.396 e. The number of nitrogens with zero attached hydrogens (tertiary/aromatic N) is 1. The largest absolute Gasteiger partial charge is 0.396 e. The zero-order chi connectivity index (χ0) is 10.6. The van der Waals surface area contributed by atoms with Crippen LogP contribution in [-0.4, -0.2) is 40.2 Å². The Morgan fingerprint density at radius 3 is 3.00 bits per heavy atom. The third-order valence-corrected chi connectivity index (χ3v) is 3.37. The van der Waals surface area contributed by atoms with Crippen LogP contribution in [0.2, 0.25) is 0 Å². The molecule has 0 aromatic heterocycles. The van der Waals surface area contributed by atoms with Crippen LogP contribution in [0.4, 0.5) is 0 Å². The van der Waals surface area contributed by atoms with Crippen molar-refractivity contribution in [1.82, 2.24) is 4.90 Å². The summed E-state index contributed by atoms with van der Waals surface area (Å²) < 4.78 is 0. The summed E-state index contributed by atoms with van der Waals surface area (Å²) in [7, 11) is 0. The second kappa shape index (κ2) is 5.63. The molecule has 0 spiro atoms. The molecule has 0 saturated carbocycles. The van der Waals surface area contributed by atoms with E-state index in [0.717, 1.165) is 19.4 Å². The average molecular weight is 216 g/mol. The molecule has 2 atom stereocenters. The number of thiocarbonyl (C=S) groups is 1. The van der Waals surface area contributed by atoms with E-state index in [4.69, 9.17) is 23.1 Å². The maximum atomic E-state index is 8.79. The smallest absolute Gasteiger partial charge is 0.0899 e. The van der Waals surface area contributed by atoms with Crippen molar-refractivity contribution in [2.24, 2.45) is 5.73 Å². The first-order chi connectivity index (χ1) is 6.66. The molecule has 3 N–H and O–H groups in total. The Labute approximate surface area is 91.3 Å². The molecule has 0 aliphatic carbocycles. The first kappa shape index (κ1) is 11.9. The van der Waals surface area contributed by atoms with Crippen LogP contribution in [0.5, 0.6) is 0 Å². The monoisotopic (exact) mass is 216 g/mol. The van der Waals surface area contributed by atoms with Crippen molar-refractivity contribution >= 4 is 17.2 Å². The Morgan fingerprint density at radius 1 is 1.71 bits per heavy atom. The molecule has 82 valence electrons. The lowest BCUT2D eigenvalue weighted by Gasteiger charge is -2.29. The fraction of sp³-hybridized carbons (Fsp3) is 0.900. The van der Waals surface area contributed by atoms with Gasteiger partial charge in [0.1, 0.15) is 0 Å². The highest BCUT2D eigenvalue weighted by molar-refractivity contribution is 7.80. The minimum atomic E-state index is 0.205. The van der Waals surface area contributed by atoms with Crippen LogP contribution in [0.25, 0.3) is 0 Å². The van der Waals surface area contributed by atoms with Gasteiger partial charge in [-0.2, -0.15) is 0 Å². The fourth-order valence-electron chi connectivity index (χ4n) is 2.17. The van der Waals surface area contributed by atoms with Crippen molar-refractivity contribution in [1.29, 1.82) is 0 Å². The summed E-state index contributed by atoms with van der Waals surface area (Å²) in [6.45, 7) is 3.44. The quantitative estimate of drug-likeness (QED) is 0.670. The fourth-order valence-corrected chi connectivity index (χ4v) is 2.30. The van der Waals surface area contributed by atoms with Gasteiger partial charge < -0.3 is 10.8 Å². The van der Waals surface area contributed by atoms with Crippen LogP contribution < -0.4 is 5.73 Å². The molecule has 3 nitrogen and oxygen atoms in total. The highest BCUT2D eigenvalue weighted by atomic mass is 32.1. The molecule has 4 heteroatoms. The van der Waals surface area contributed by atoms with Gasteiger partial charge in [0.15, 0.2) is 0 Å². The molecule has 0 aromatic carbocycles. The average Bonchev–Trinajstić information content (AvgIpc) is 2.61. The van der Waals surface area contributed by atoms with E-state index in [0.29, 0.717) is 11.0 Å². The third-order valence-electron chi connectivity index (χ3n) is 3.03. The molecule has 1 aliphatic rings. The van der Waals surface area contributed by atoms with Gasteiger partial charge in [-0.25, -0.2) is 0 Å². The van der Waals surface area contributed by atoms with E-state index >= 15 is 0 Å². The number of likely N-dealkylation sites (tertiary alicyclic amines) is 1. The summed E-state index contributed by atoms with van der Waals surface area (Å²) in [6, 6.07) is 0.773. The van der Waals surface area contributed by atoms with Gasteiger partial charge in [0.05, 0.1) is 11.0 Å². The van der Waals surface area contributed by atoms with E-state index in [2.05, 4.69) is 11.8 Å². The van der Waals surface area contributed by atoms with E-state index in [1.165, 1.54) is 12.8 Å². The van der Waals surface area contributed by atoms with E-state index in [-0.39, 0.29) is 12.6 Å². The summed E-state index contributed by atoms with van der Waals surface area (Å²) in [5.74, 6) is 0.